The lowest BCUT2D eigenvalue weighted by Gasteiger charge is -2.14. The van der Waals surface area contributed by atoms with Crippen molar-refractivity contribution in [2.75, 3.05) is 0 Å². The highest BCUT2D eigenvalue weighted by Gasteiger charge is 2.32. The van der Waals surface area contributed by atoms with Crippen LogP contribution in [0.4, 0.5) is 0 Å². The Morgan fingerprint density at radius 3 is 2.65 bits per heavy atom. The predicted octanol–water partition coefficient (Wildman–Crippen LogP) is 4.10. The number of nitrogens with zero attached hydrogens (tertiary/aromatic N) is 1. The molecular weight excluding hydrogens is 326 g/mol. The van der Waals surface area contributed by atoms with Crippen molar-refractivity contribution < 1.29 is 9.90 Å². The van der Waals surface area contributed by atoms with E-state index in [0.717, 1.165) is 11.1 Å². The number of phenolic OH excluding ortho intramolecular Hbond substituents is 1. The number of carbonyl (C=O) groups excluding carboxylic acids is 1. The Morgan fingerprint density at radius 1 is 1.17 bits per heavy atom. The van der Waals surface area contributed by atoms with E-state index < -0.39 is 0 Å². The van der Waals surface area contributed by atoms with E-state index >= 15 is 0 Å². The Bertz CT molecular complexity index is 800. The van der Waals surface area contributed by atoms with Crippen molar-refractivity contribution in [3.05, 3.63) is 70.1 Å². The third-order valence-corrected chi connectivity index (χ3v) is 4.99. The van der Waals surface area contributed by atoms with Gasteiger partial charge in [0.2, 0.25) is 0 Å². The first-order chi connectivity index (χ1) is 11.1. The van der Waals surface area contributed by atoms with Crippen molar-refractivity contribution in [3.63, 3.8) is 0 Å². The molecule has 0 unspecified atom stereocenters. The molecule has 1 aliphatic heterocycles. The molecule has 1 heterocycles. The first-order valence-electron chi connectivity index (χ1n) is 7.14. The van der Waals surface area contributed by atoms with Gasteiger partial charge in [-0.3, -0.25) is 9.69 Å². The molecule has 0 saturated carbocycles. The standard InChI is InChI=1S/C18H15NO2S2/c1-12-6-5-9-14(16(12)20)10-15-17(21)19(18(22)23-15)11-13-7-3-2-4-8-13/h2-10,20H,11H2,1H3/b15-10-. The molecule has 116 valence electrons. The van der Waals surface area contributed by atoms with Crippen molar-refractivity contribution in [2.24, 2.45) is 0 Å². The number of benzene rings is 2. The van der Waals surface area contributed by atoms with Gasteiger partial charge in [-0.05, 0) is 24.1 Å². The lowest BCUT2D eigenvalue weighted by atomic mass is 10.1. The summed E-state index contributed by atoms with van der Waals surface area (Å²) < 4.78 is 0.539. The maximum atomic E-state index is 12.6. The van der Waals surface area contributed by atoms with E-state index in [0.29, 0.717) is 21.3 Å². The maximum absolute atomic E-state index is 12.6. The molecule has 0 aliphatic carbocycles. The van der Waals surface area contributed by atoms with Crippen LogP contribution in [0.1, 0.15) is 16.7 Å². The van der Waals surface area contributed by atoms with Crippen LogP contribution in [0, 0.1) is 6.92 Å². The second kappa shape index (κ2) is 6.56. The molecule has 2 aromatic rings. The Kier molecular flexibility index (Phi) is 4.50. The van der Waals surface area contributed by atoms with Gasteiger partial charge >= 0.3 is 0 Å². The molecule has 3 rings (SSSR count). The van der Waals surface area contributed by atoms with Crippen LogP contribution in [0.2, 0.25) is 0 Å². The molecule has 3 nitrogen and oxygen atoms in total. The van der Waals surface area contributed by atoms with Gasteiger partial charge in [0.25, 0.3) is 5.91 Å². The minimum Gasteiger partial charge on any atom is -0.507 e. The van der Waals surface area contributed by atoms with Gasteiger partial charge in [-0.2, -0.15) is 0 Å². The van der Waals surface area contributed by atoms with Gasteiger partial charge in [-0.25, -0.2) is 0 Å². The van der Waals surface area contributed by atoms with Gasteiger partial charge in [-0.1, -0.05) is 72.5 Å². The number of amides is 1. The molecule has 0 bridgehead atoms. The summed E-state index contributed by atoms with van der Waals surface area (Å²) in [4.78, 5) is 14.7. The molecule has 1 amide bonds. The van der Waals surface area contributed by atoms with Gasteiger partial charge in [-0.15, -0.1) is 0 Å². The first kappa shape index (κ1) is 15.8. The fourth-order valence-electron chi connectivity index (χ4n) is 2.34. The van der Waals surface area contributed by atoms with Crippen LogP contribution >= 0.6 is 24.0 Å². The summed E-state index contributed by atoms with van der Waals surface area (Å²) in [5.74, 6) is 0.0746. The zero-order valence-electron chi connectivity index (χ0n) is 12.5. The minimum absolute atomic E-state index is 0.121. The third-order valence-electron chi connectivity index (χ3n) is 3.61. The summed E-state index contributed by atoms with van der Waals surface area (Å²) in [5, 5.41) is 10.1. The second-order valence-corrected chi connectivity index (χ2v) is 6.94. The fourth-order valence-corrected chi connectivity index (χ4v) is 3.59. The molecule has 0 aromatic heterocycles. The summed E-state index contributed by atoms with van der Waals surface area (Å²) in [5.41, 5.74) is 2.44. The summed E-state index contributed by atoms with van der Waals surface area (Å²) >= 11 is 6.60. The second-order valence-electron chi connectivity index (χ2n) is 5.27. The number of rotatable bonds is 3. The smallest absolute Gasteiger partial charge is 0.266 e. The fraction of sp³-hybridized carbons (Fsp3) is 0.111. The van der Waals surface area contributed by atoms with E-state index in [1.807, 2.05) is 49.4 Å². The summed E-state index contributed by atoms with van der Waals surface area (Å²) in [6.07, 6.45) is 1.70. The van der Waals surface area contributed by atoms with E-state index in [9.17, 15) is 9.90 Å². The summed E-state index contributed by atoms with van der Waals surface area (Å²) in [6, 6.07) is 15.2. The number of aromatic hydroxyl groups is 1. The normalized spacial score (nSPS) is 16.4. The van der Waals surface area contributed by atoms with Gasteiger partial charge in [0, 0.05) is 5.56 Å². The Morgan fingerprint density at radius 2 is 1.91 bits per heavy atom. The van der Waals surface area contributed by atoms with Gasteiger partial charge in [0.1, 0.15) is 10.1 Å². The van der Waals surface area contributed by atoms with Crippen LogP contribution in [0.3, 0.4) is 0 Å². The molecular formula is C18H15NO2S2. The summed E-state index contributed by atoms with van der Waals surface area (Å²) in [7, 11) is 0. The zero-order chi connectivity index (χ0) is 16.4. The topological polar surface area (TPSA) is 40.5 Å². The average Bonchev–Trinajstić information content (AvgIpc) is 2.80. The SMILES string of the molecule is Cc1cccc(/C=C2\SC(=S)N(Cc3ccccc3)C2=O)c1O. The lowest BCUT2D eigenvalue weighted by Crippen LogP contribution is -2.27. The number of carbonyl (C=O) groups is 1. The average molecular weight is 341 g/mol. The highest BCUT2D eigenvalue weighted by Crippen LogP contribution is 2.35. The Balaban J connectivity index is 1.86. The lowest BCUT2D eigenvalue weighted by molar-refractivity contribution is -0.122. The Labute approximate surface area is 144 Å². The summed E-state index contributed by atoms with van der Waals surface area (Å²) in [6.45, 7) is 2.29. The molecule has 0 atom stereocenters. The molecule has 5 heteroatoms. The van der Waals surface area contributed by atoms with E-state index in [1.54, 1.807) is 17.0 Å². The number of phenols is 1. The number of aryl methyl sites for hydroxylation is 1. The number of thiocarbonyl (C=S) groups is 1. The van der Waals surface area contributed by atoms with E-state index in [4.69, 9.17) is 12.2 Å². The van der Waals surface area contributed by atoms with Crippen LogP contribution in [-0.4, -0.2) is 20.2 Å². The van der Waals surface area contributed by atoms with Crippen LogP contribution in [0.25, 0.3) is 6.08 Å². The van der Waals surface area contributed by atoms with Crippen LogP contribution in [-0.2, 0) is 11.3 Å². The number of hydrogen-bond acceptors (Lipinski definition) is 4. The van der Waals surface area contributed by atoms with Crippen molar-refractivity contribution in [1.29, 1.82) is 0 Å². The van der Waals surface area contributed by atoms with Crippen molar-refractivity contribution in [1.82, 2.24) is 4.90 Å². The predicted molar refractivity (Wildman–Crippen MR) is 98.0 cm³/mol. The highest BCUT2D eigenvalue weighted by atomic mass is 32.2. The van der Waals surface area contributed by atoms with Crippen LogP contribution in [0.5, 0.6) is 5.75 Å². The molecule has 0 spiro atoms. The van der Waals surface area contributed by atoms with Crippen molar-refractivity contribution in [2.45, 2.75) is 13.5 Å². The number of thioether (sulfide) groups is 1. The number of para-hydroxylation sites is 1. The van der Waals surface area contributed by atoms with Crippen molar-refractivity contribution >= 4 is 40.3 Å². The zero-order valence-corrected chi connectivity index (χ0v) is 14.2. The third kappa shape index (κ3) is 3.30. The quantitative estimate of drug-likeness (QED) is 0.674. The van der Waals surface area contributed by atoms with E-state index in [2.05, 4.69) is 0 Å². The van der Waals surface area contributed by atoms with Gasteiger partial charge in [0.15, 0.2) is 0 Å². The highest BCUT2D eigenvalue weighted by molar-refractivity contribution is 8.26. The molecule has 1 saturated heterocycles. The van der Waals surface area contributed by atoms with Crippen LogP contribution < -0.4 is 0 Å². The number of hydrogen-bond donors (Lipinski definition) is 1. The molecule has 1 fully saturated rings. The minimum atomic E-state index is -0.121. The molecule has 1 aliphatic rings. The Hall–Kier alpha value is -2.11. The first-order valence-corrected chi connectivity index (χ1v) is 8.36. The monoisotopic (exact) mass is 341 g/mol. The largest absolute Gasteiger partial charge is 0.507 e. The van der Waals surface area contributed by atoms with Crippen molar-refractivity contribution in [3.8, 4) is 5.75 Å². The molecule has 0 radical (unpaired) electrons. The van der Waals surface area contributed by atoms with Gasteiger partial charge < -0.3 is 5.11 Å². The van der Waals surface area contributed by atoms with Gasteiger partial charge in [0.05, 0.1) is 11.4 Å². The molecule has 2 aromatic carbocycles. The van der Waals surface area contributed by atoms with E-state index in [-0.39, 0.29) is 11.7 Å². The van der Waals surface area contributed by atoms with Crippen LogP contribution in [0.15, 0.2) is 53.4 Å². The van der Waals surface area contributed by atoms with E-state index in [1.165, 1.54) is 11.8 Å². The molecule has 23 heavy (non-hydrogen) atoms. The maximum Gasteiger partial charge on any atom is 0.266 e. The molecule has 1 N–H and O–H groups in total.